The number of hydrogen-bond acceptors (Lipinski definition) is 4. The van der Waals surface area contributed by atoms with Crippen molar-refractivity contribution in [1.29, 1.82) is 0 Å². The highest BCUT2D eigenvalue weighted by Crippen LogP contribution is 2.27. The van der Waals surface area contributed by atoms with Gasteiger partial charge in [-0.3, -0.25) is 4.79 Å². The number of carbonyl (C=O) groups excluding carboxylic acids is 1. The lowest BCUT2D eigenvalue weighted by Crippen LogP contribution is -2.29. The number of amides is 1. The molecule has 1 unspecified atom stereocenters. The third-order valence-electron chi connectivity index (χ3n) is 4.17. The van der Waals surface area contributed by atoms with Crippen LogP contribution in [0.3, 0.4) is 0 Å². The molecule has 0 aliphatic rings. The minimum atomic E-state index is -3.75. The van der Waals surface area contributed by atoms with Crippen molar-refractivity contribution in [2.45, 2.75) is 24.3 Å². The molecule has 1 N–H and O–H groups in total. The van der Waals surface area contributed by atoms with E-state index < -0.39 is 10.0 Å². The Morgan fingerprint density at radius 3 is 2.33 bits per heavy atom. The molecule has 0 spiro atoms. The molecule has 2 aromatic carbocycles. The summed E-state index contributed by atoms with van der Waals surface area (Å²) < 4.78 is 31.3. The van der Waals surface area contributed by atoms with Crippen LogP contribution in [0.1, 0.15) is 35.3 Å². The number of hydrogen-bond donors (Lipinski definition) is 1. The molecule has 1 amide bonds. The zero-order valence-electron chi connectivity index (χ0n) is 15.7. The lowest BCUT2D eigenvalue weighted by molar-refractivity contribution is 0.0935. The topological polar surface area (TPSA) is 75.7 Å². The van der Waals surface area contributed by atoms with Crippen molar-refractivity contribution < 1.29 is 17.9 Å². The molecule has 146 valence electrons. The predicted molar refractivity (Wildman–Crippen MR) is 106 cm³/mol. The van der Waals surface area contributed by atoms with Crippen molar-refractivity contribution in [3.8, 4) is 5.75 Å². The quantitative estimate of drug-likeness (QED) is 0.758. The number of halogens is 1. The third kappa shape index (κ3) is 4.80. The average molecular weight is 411 g/mol. The molecular weight excluding hydrogens is 388 g/mol. The molecule has 2 rings (SSSR count). The van der Waals surface area contributed by atoms with Gasteiger partial charge in [0, 0.05) is 24.7 Å². The molecule has 0 aliphatic carbocycles. The highest BCUT2D eigenvalue weighted by atomic mass is 35.5. The molecule has 8 heteroatoms. The van der Waals surface area contributed by atoms with Gasteiger partial charge in [-0.05, 0) is 42.3 Å². The summed E-state index contributed by atoms with van der Waals surface area (Å²) in [6.45, 7) is 1.95. The summed E-state index contributed by atoms with van der Waals surface area (Å²) in [5.41, 5.74) is 1.16. The van der Waals surface area contributed by atoms with E-state index in [1.165, 1.54) is 39.4 Å². The van der Waals surface area contributed by atoms with Gasteiger partial charge >= 0.3 is 0 Å². The number of rotatable bonds is 7. The van der Waals surface area contributed by atoms with Gasteiger partial charge in [-0.2, -0.15) is 0 Å². The minimum absolute atomic E-state index is 0.0535. The van der Waals surface area contributed by atoms with Crippen molar-refractivity contribution in [3.63, 3.8) is 0 Å². The number of carbonyl (C=O) groups is 1. The Morgan fingerprint density at radius 1 is 1.19 bits per heavy atom. The molecule has 0 fully saturated rings. The summed E-state index contributed by atoms with van der Waals surface area (Å²) in [6.07, 6.45) is 0.673. The zero-order valence-corrected chi connectivity index (χ0v) is 17.3. The van der Waals surface area contributed by atoms with E-state index in [9.17, 15) is 13.2 Å². The first kappa shape index (κ1) is 21.2. The van der Waals surface area contributed by atoms with Crippen LogP contribution in [0.25, 0.3) is 0 Å². The fourth-order valence-electron chi connectivity index (χ4n) is 2.57. The second-order valence-corrected chi connectivity index (χ2v) is 8.70. The summed E-state index contributed by atoms with van der Waals surface area (Å²) in [5, 5.41) is 3.55. The summed E-state index contributed by atoms with van der Waals surface area (Å²) in [5.74, 6) is -0.181. The third-order valence-corrected chi connectivity index (χ3v) is 6.26. The fourth-order valence-corrected chi connectivity index (χ4v) is 3.77. The summed E-state index contributed by atoms with van der Waals surface area (Å²) in [7, 11) is 0.485. The standard InChI is InChI=1S/C19H23ClN2O4S/c1-5-16(13-6-9-15(20)10-7-13)21-19(23)14-8-11-17(26-4)18(12-14)27(24,25)22(2)3/h6-12,16H,5H2,1-4H3,(H,21,23). The van der Waals surface area contributed by atoms with E-state index in [1.807, 2.05) is 19.1 Å². The van der Waals surface area contributed by atoms with E-state index in [-0.39, 0.29) is 28.2 Å². The second kappa shape index (κ2) is 8.73. The number of methoxy groups -OCH3 is 1. The first-order valence-corrected chi connectivity index (χ1v) is 10.2. The number of nitrogens with one attached hydrogen (secondary N) is 1. The van der Waals surface area contributed by atoms with Gasteiger partial charge < -0.3 is 10.1 Å². The van der Waals surface area contributed by atoms with E-state index in [0.717, 1.165) is 9.87 Å². The largest absolute Gasteiger partial charge is 0.495 e. The highest BCUT2D eigenvalue weighted by Gasteiger charge is 2.24. The van der Waals surface area contributed by atoms with Crippen LogP contribution in [0.4, 0.5) is 0 Å². The molecule has 0 saturated carbocycles. The number of benzene rings is 2. The summed E-state index contributed by atoms with van der Waals surface area (Å²) >= 11 is 5.92. The van der Waals surface area contributed by atoms with E-state index in [2.05, 4.69) is 5.32 Å². The van der Waals surface area contributed by atoms with Crippen LogP contribution in [0, 0.1) is 0 Å². The van der Waals surface area contributed by atoms with Crippen molar-refractivity contribution in [3.05, 3.63) is 58.6 Å². The van der Waals surface area contributed by atoms with E-state index >= 15 is 0 Å². The van der Waals surface area contributed by atoms with Crippen molar-refractivity contribution in [2.75, 3.05) is 21.2 Å². The lowest BCUT2D eigenvalue weighted by atomic mass is 10.0. The van der Waals surface area contributed by atoms with Crippen molar-refractivity contribution >= 4 is 27.5 Å². The van der Waals surface area contributed by atoms with Gasteiger partial charge in [-0.15, -0.1) is 0 Å². The van der Waals surface area contributed by atoms with Crippen LogP contribution in [0.5, 0.6) is 5.75 Å². The maximum atomic E-state index is 12.7. The predicted octanol–water partition coefficient (Wildman–Crippen LogP) is 3.48. The Morgan fingerprint density at radius 2 is 1.81 bits per heavy atom. The fraction of sp³-hybridized carbons (Fsp3) is 0.316. The van der Waals surface area contributed by atoms with Crippen LogP contribution >= 0.6 is 11.6 Å². The molecular formula is C19H23ClN2O4S. The molecule has 0 bridgehead atoms. The van der Waals surface area contributed by atoms with E-state index in [1.54, 1.807) is 12.1 Å². The van der Waals surface area contributed by atoms with Gasteiger partial charge in [0.2, 0.25) is 10.0 Å². The molecule has 0 aromatic heterocycles. The Bertz CT molecular complexity index is 912. The maximum absolute atomic E-state index is 12.7. The monoisotopic (exact) mass is 410 g/mol. The molecule has 6 nitrogen and oxygen atoms in total. The summed E-state index contributed by atoms with van der Waals surface area (Å²) in [4.78, 5) is 12.7. The molecule has 0 saturated heterocycles. The highest BCUT2D eigenvalue weighted by molar-refractivity contribution is 7.89. The van der Waals surface area contributed by atoms with Crippen molar-refractivity contribution in [1.82, 2.24) is 9.62 Å². The Balaban J connectivity index is 2.34. The second-order valence-electron chi connectivity index (χ2n) is 6.14. The molecule has 0 radical (unpaired) electrons. The minimum Gasteiger partial charge on any atom is -0.495 e. The average Bonchev–Trinajstić information content (AvgIpc) is 2.66. The smallest absolute Gasteiger partial charge is 0.251 e. The van der Waals surface area contributed by atoms with Crippen LogP contribution in [0.15, 0.2) is 47.4 Å². The Kier molecular flexibility index (Phi) is 6.86. The van der Waals surface area contributed by atoms with Gasteiger partial charge in [0.15, 0.2) is 0 Å². The maximum Gasteiger partial charge on any atom is 0.251 e. The van der Waals surface area contributed by atoms with Crippen LogP contribution < -0.4 is 10.1 Å². The number of sulfonamides is 1. The lowest BCUT2D eigenvalue weighted by Gasteiger charge is -2.19. The molecule has 1 atom stereocenters. The number of ether oxygens (including phenoxy) is 1. The van der Waals surface area contributed by atoms with Gasteiger partial charge in [-0.25, -0.2) is 12.7 Å². The van der Waals surface area contributed by atoms with Crippen LogP contribution in [-0.2, 0) is 10.0 Å². The normalized spacial score (nSPS) is 12.7. The van der Waals surface area contributed by atoms with Crippen molar-refractivity contribution in [2.24, 2.45) is 0 Å². The Labute approximate surface area is 165 Å². The number of nitrogens with zero attached hydrogens (tertiary/aromatic N) is 1. The van der Waals surface area contributed by atoms with E-state index in [4.69, 9.17) is 16.3 Å². The molecule has 0 aliphatic heterocycles. The summed E-state index contributed by atoms with van der Waals surface area (Å²) in [6, 6.07) is 11.4. The zero-order chi connectivity index (χ0) is 20.2. The SMILES string of the molecule is CCC(NC(=O)c1ccc(OC)c(S(=O)(=O)N(C)C)c1)c1ccc(Cl)cc1. The van der Waals surface area contributed by atoms with Crippen LogP contribution in [-0.4, -0.2) is 39.8 Å². The molecule has 27 heavy (non-hydrogen) atoms. The van der Waals surface area contributed by atoms with Gasteiger partial charge in [0.25, 0.3) is 5.91 Å². The van der Waals surface area contributed by atoms with E-state index in [0.29, 0.717) is 11.4 Å². The van der Waals surface area contributed by atoms with Gasteiger partial charge in [0.1, 0.15) is 10.6 Å². The molecule has 2 aromatic rings. The first-order valence-electron chi connectivity index (χ1n) is 8.37. The Hall–Kier alpha value is -2.09. The van der Waals surface area contributed by atoms with Gasteiger partial charge in [-0.1, -0.05) is 30.7 Å². The first-order chi connectivity index (χ1) is 12.7. The molecule has 0 heterocycles. The van der Waals surface area contributed by atoms with Gasteiger partial charge in [0.05, 0.1) is 13.2 Å². The van der Waals surface area contributed by atoms with Crippen LogP contribution in [0.2, 0.25) is 5.02 Å².